The molecule has 0 aliphatic heterocycles. The Balaban J connectivity index is 2.34. The molecule has 2 rings (SSSR count). The molecule has 15 heavy (non-hydrogen) atoms. The summed E-state index contributed by atoms with van der Waals surface area (Å²) in [5.74, 6) is 0.0396. The third kappa shape index (κ3) is 2.15. The van der Waals surface area contributed by atoms with Crippen LogP contribution in [0.3, 0.4) is 0 Å². The first-order chi connectivity index (χ1) is 7.18. The van der Waals surface area contributed by atoms with Crippen LogP contribution in [-0.2, 0) is 11.2 Å². The average Bonchev–Trinajstić information content (AvgIpc) is 2.19. The number of rotatable bonds is 2. The van der Waals surface area contributed by atoms with Gasteiger partial charge in [0.25, 0.3) is 0 Å². The predicted molar refractivity (Wildman–Crippen MR) is 60.9 cm³/mol. The molecule has 0 fully saturated rings. The second kappa shape index (κ2) is 4.23. The lowest BCUT2D eigenvalue weighted by molar-refractivity contribution is -0.118. The minimum Gasteiger partial charge on any atom is -0.370 e. The van der Waals surface area contributed by atoms with E-state index < -0.39 is 0 Å². The van der Waals surface area contributed by atoms with E-state index in [1.807, 2.05) is 12.1 Å². The molecule has 1 aromatic carbocycles. The van der Waals surface area contributed by atoms with Gasteiger partial charge in [-0.15, -0.1) is 0 Å². The Kier molecular flexibility index (Phi) is 2.96. The number of fused-ring (bicyclic) bond motifs is 1. The molecule has 0 radical (unpaired) electrons. The summed E-state index contributed by atoms with van der Waals surface area (Å²) in [6, 6.07) is 5.92. The van der Waals surface area contributed by atoms with E-state index in [-0.39, 0.29) is 11.8 Å². The molecule has 1 atom stereocenters. The highest BCUT2D eigenvalue weighted by Gasteiger charge is 2.22. The molecule has 1 amide bonds. The van der Waals surface area contributed by atoms with E-state index in [2.05, 4.69) is 6.07 Å². The lowest BCUT2D eigenvalue weighted by atomic mass is 9.81. The second-order valence-electron chi connectivity index (χ2n) is 4.07. The number of primary amides is 1. The summed E-state index contributed by atoms with van der Waals surface area (Å²) in [5.41, 5.74) is 7.67. The third-order valence-electron chi connectivity index (χ3n) is 3.02. The van der Waals surface area contributed by atoms with E-state index in [0.29, 0.717) is 6.42 Å². The first-order valence-electron chi connectivity index (χ1n) is 5.24. The van der Waals surface area contributed by atoms with Crippen LogP contribution >= 0.6 is 11.6 Å². The van der Waals surface area contributed by atoms with Gasteiger partial charge >= 0.3 is 0 Å². The first kappa shape index (κ1) is 10.5. The fourth-order valence-corrected chi connectivity index (χ4v) is 2.63. The number of nitrogens with two attached hydrogens (primary N) is 1. The van der Waals surface area contributed by atoms with E-state index in [1.165, 1.54) is 11.1 Å². The topological polar surface area (TPSA) is 43.1 Å². The molecule has 1 aromatic rings. The molecule has 1 unspecified atom stereocenters. The predicted octanol–water partition coefficient (Wildman–Crippen LogP) is 2.64. The van der Waals surface area contributed by atoms with Crippen LogP contribution in [0.15, 0.2) is 18.2 Å². The van der Waals surface area contributed by atoms with Crippen molar-refractivity contribution in [3.8, 4) is 0 Å². The van der Waals surface area contributed by atoms with Gasteiger partial charge in [-0.1, -0.05) is 23.7 Å². The first-order valence-corrected chi connectivity index (χ1v) is 5.62. The molecule has 0 saturated heterocycles. The maximum absolute atomic E-state index is 11.0. The molecule has 0 aromatic heterocycles. The van der Waals surface area contributed by atoms with Crippen molar-refractivity contribution >= 4 is 17.5 Å². The summed E-state index contributed by atoms with van der Waals surface area (Å²) < 4.78 is 0. The monoisotopic (exact) mass is 223 g/mol. The Bertz CT molecular complexity index is 389. The summed E-state index contributed by atoms with van der Waals surface area (Å²) in [7, 11) is 0. The van der Waals surface area contributed by atoms with E-state index in [9.17, 15) is 4.79 Å². The molecular weight excluding hydrogens is 210 g/mol. The van der Waals surface area contributed by atoms with Gasteiger partial charge in [0.05, 0.1) is 0 Å². The number of hydrogen-bond donors (Lipinski definition) is 1. The third-order valence-corrected chi connectivity index (χ3v) is 3.38. The largest absolute Gasteiger partial charge is 0.370 e. The van der Waals surface area contributed by atoms with Crippen LogP contribution in [-0.4, -0.2) is 5.91 Å². The van der Waals surface area contributed by atoms with Crippen molar-refractivity contribution in [2.75, 3.05) is 0 Å². The summed E-state index contributed by atoms with van der Waals surface area (Å²) in [5, 5.41) is 0.821. The molecule has 80 valence electrons. The fraction of sp³-hybridized carbons (Fsp3) is 0.417. The van der Waals surface area contributed by atoms with Crippen LogP contribution in [0.2, 0.25) is 5.02 Å². The summed E-state index contributed by atoms with van der Waals surface area (Å²) in [6.07, 6.45) is 3.59. The number of amides is 1. The molecule has 0 heterocycles. The van der Waals surface area contributed by atoms with Crippen molar-refractivity contribution in [3.05, 3.63) is 34.3 Å². The number of carbonyl (C=O) groups excluding carboxylic acids is 1. The molecular formula is C12H14ClNO. The van der Waals surface area contributed by atoms with Gasteiger partial charge in [0, 0.05) is 11.4 Å². The highest BCUT2D eigenvalue weighted by Crippen LogP contribution is 2.36. The molecule has 1 aliphatic carbocycles. The minimum absolute atomic E-state index is 0.229. The highest BCUT2D eigenvalue weighted by molar-refractivity contribution is 6.31. The Morgan fingerprint density at radius 1 is 1.53 bits per heavy atom. The Hall–Kier alpha value is -1.02. The second-order valence-corrected chi connectivity index (χ2v) is 4.47. The smallest absolute Gasteiger partial charge is 0.218 e. The molecule has 3 heteroatoms. The molecule has 1 aliphatic rings. The van der Waals surface area contributed by atoms with Crippen LogP contribution in [0, 0.1) is 0 Å². The molecule has 0 saturated carbocycles. The standard InChI is InChI=1S/C12H14ClNO/c13-11-6-2-4-9-8(7-12(14)15)3-1-5-10(9)11/h2,4,6,8H,1,3,5,7H2,(H2,14,15). The highest BCUT2D eigenvalue weighted by atomic mass is 35.5. The van der Waals surface area contributed by atoms with Gasteiger partial charge < -0.3 is 5.73 Å². The summed E-state index contributed by atoms with van der Waals surface area (Å²) >= 11 is 6.13. The molecule has 0 bridgehead atoms. The minimum atomic E-state index is -0.229. The van der Waals surface area contributed by atoms with Gasteiger partial charge in [-0.3, -0.25) is 4.79 Å². The number of hydrogen-bond acceptors (Lipinski definition) is 1. The van der Waals surface area contributed by atoms with Crippen LogP contribution < -0.4 is 5.73 Å². The average molecular weight is 224 g/mol. The van der Waals surface area contributed by atoms with Crippen molar-refractivity contribution in [3.63, 3.8) is 0 Å². The van der Waals surface area contributed by atoms with Gasteiger partial charge in [0.1, 0.15) is 0 Å². The lowest BCUT2D eigenvalue weighted by Crippen LogP contribution is -2.18. The lowest BCUT2D eigenvalue weighted by Gasteiger charge is -2.25. The van der Waals surface area contributed by atoms with Crippen LogP contribution in [0.1, 0.15) is 36.3 Å². The van der Waals surface area contributed by atoms with Gasteiger partial charge in [-0.25, -0.2) is 0 Å². The quantitative estimate of drug-likeness (QED) is 0.823. The SMILES string of the molecule is NC(=O)CC1CCCc2c(Cl)cccc21. The van der Waals surface area contributed by atoms with Crippen molar-refractivity contribution in [1.82, 2.24) is 0 Å². The van der Waals surface area contributed by atoms with E-state index in [1.54, 1.807) is 0 Å². The fourth-order valence-electron chi connectivity index (χ4n) is 2.36. The van der Waals surface area contributed by atoms with Crippen molar-refractivity contribution < 1.29 is 4.79 Å². The number of carbonyl (C=O) groups is 1. The van der Waals surface area contributed by atoms with Gasteiger partial charge in [-0.2, -0.15) is 0 Å². The van der Waals surface area contributed by atoms with Crippen molar-refractivity contribution in [2.24, 2.45) is 5.73 Å². The zero-order chi connectivity index (χ0) is 10.8. The maximum Gasteiger partial charge on any atom is 0.218 e. The zero-order valence-corrected chi connectivity index (χ0v) is 9.26. The van der Waals surface area contributed by atoms with E-state index in [4.69, 9.17) is 17.3 Å². The van der Waals surface area contributed by atoms with E-state index in [0.717, 1.165) is 24.3 Å². The van der Waals surface area contributed by atoms with Crippen LogP contribution in [0.5, 0.6) is 0 Å². The Labute approximate surface area is 94.4 Å². The Morgan fingerprint density at radius 2 is 2.33 bits per heavy atom. The molecule has 2 nitrogen and oxygen atoms in total. The number of halogens is 1. The maximum atomic E-state index is 11.0. The normalized spacial score (nSPS) is 19.7. The van der Waals surface area contributed by atoms with Crippen LogP contribution in [0.25, 0.3) is 0 Å². The van der Waals surface area contributed by atoms with Crippen molar-refractivity contribution in [2.45, 2.75) is 31.6 Å². The zero-order valence-electron chi connectivity index (χ0n) is 8.50. The van der Waals surface area contributed by atoms with Gasteiger partial charge in [0.2, 0.25) is 5.91 Å². The number of benzene rings is 1. The summed E-state index contributed by atoms with van der Waals surface area (Å²) in [6.45, 7) is 0. The molecule has 2 N–H and O–H groups in total. The van der Waals surface area contributed by atoms with Gasteiger partial charge in [0.15, 0.2) is 0 Å². The Morgan fingerprint density at radius 3 is 3.07 bits per heavy atom. The van der Waals surface area contributed by atoms with Crippen molar-refractivity contribution in [1.29, 1.82) is 0 Å². The summed E-state index contributed by atoms with van der Waals surface area (Å²) in [4.78, 5) is 11.0. The van der Waals surface area contributed by atoms with Gasteiger partial charge in [-0.05, 0) is 42.4 Å². The van der Waals surface area contributed by atoms with E-state index >= 15 is 0 Å². The van der Waals surface area contributed by atoms with Crippen LogP contribution in [0.4, 0.5) is 0 Å². The molecule has 0 spiro atoms.